The first-order chi connectivity index (χ1) is 16.2. The van der Waals surface area contributed by atoms with E-state index >= 15 is 0 Å². The van der Waals surface area contributed by atoms with E-state index in [0.717, 1.165) is 11.8 Å². The van der Waals surface area contributed by atoms with Crippen LogP contribution in [-0.2, 0) is 18.7 Å². The van der Waals surface area contributed by atoms with Gasteiger partial charge in [0.1, 0.15) is 18.3 Å². The van der Waals surface area contributed by atoms with Gasteiger partial charge in [-0.3, -0.25) is 0 Å². The van der Waals surface area contributed by atoms with Gasteiger partial charge in [-0.05, 0) is 34.8 Å². The molecule has 0 aliphatic carbocycles. The van der Waals surface area contributed by atoms with Gasteiger partial charge in [-0.2, -0.15) is 0 Å². The van der Waals surface area contributed by atoms with Gasteiger partial charge >= 0.3 is 0 Å². The van der Waals surface area contributed by atoms with E-state index in [2.05, 4.69) is 69.3 Å². The van der Waals surface area contributed by atoms with E-state index < -0.39 is 32.4 Å². The van der Waals surface area contributed by atoms with Gasteiger partial charge in [-0.25, -0.2) is 0 Å². The predicted molar refractivity (Wildman–Crippen MR) is 138 cm³/mol. The molecule has 0 amide bonds. The third-order valence-corrected chi connectivity index (χ3v) is 11.5. The zero-order valence-electron chi connectivity index (χ0n) is 20.6. The summed E-state index contributed by atoms with van der Waals surface area (Å²) in [5, 5.41) is 2.14. The summed E-state index contributed by atoms with van der Waals surface area (Å²) in [6.07, 6.45) is -0.955. The van der Waals surface area contributed by atoms with Crippen molar-refractivity contribution in [2.75, 3.05) is 0 Å². The normalized spacial score (nSPS) is 21.2. The lowest BCUT2D eigenvalue weighted by Crippen LogP contribution is -2.67. The van der Waals surface area contributed by atoms with Crippen molar-refractivity contribution in [1.29, 1.82) is 0 Å². The van der Waals surface area contributed by atoms with Crippen LogP contribution in [0.15, 0.2) is 91.0 Å². The van der Waals surface area contributed by atoms with Crippen molar-refractivity contribution in [2.45, 2.75) is 63.8 Å². The zero-order chi connectivity index (χ0) is 24.4. The summed E-state index contributed by atoms with van der Waals surface area (Å²) in [4.78, 5) is 12.1. The minimum atomic E-state index is -2.90. The monoisotopic (exact) mass is 474 g/mol. The van der Waals surface area contributed by atoms with Crippen molar-refractivity contribution < 1.29 is 18.7 Å². The molecular weight excluding hydrogens is 440 g/mol. The molecule has 0 N–H and O–H groups in total. The molecule has 0 unspecified atom stereocenters. The molecule has 1 fully saturated rings. The molecule has 4 nitrogen and oxygen atoms in total. The predicted octanol–water partition coefficient (Wildman–Crippen LogP) is 5.02. The highest BCUT2D eigenvalue weighted by Crippen LogP contribution is 2.44. The van der Waals surface area contributed by atoms with Crippen molar-refractivity contribution in [2.24, 2.45) is 0 Å². The van der Waals surface area contributed by atoms with Crippen LogP contribution in [0, 0.1) is 0 Å². The molecule has 0 aromatic heterocycles. The van der Waals surface area contributed by atoms with E-state index in [9.17, 15) is 4.79 Å². The first kappa shape index (κ1) is 24.5. The van der Waals surface area contributed by atoms with Crippen molar-refractivity contribution in [3.8, 4) is 0 Å². The van der Waals surface area contributed by atoms with E-state index in [0.29, 0.717) is 0 Å². The maximum atomic E-state index is 12.1. The minimum Gasteiger partial charge on any atom is -0.398 e. The van der Waals surface area contributed by atoms with E-state index in [4.69, 9.17) is 13.9 Å². The number of hydrogen-bond donors (Lipinski definition) is 0. The van der Waals surface area contributed by atoms with Gasteiger partial charge in [0.2, 0.25) is 0 Å². The van der Waals surface area contributed by atoms with Crippen LogP contribution < -0.4 is 10.4 Å². The molecule has 1 heterocycles. The molecule has 1 aliphatic heterocycles. The molecule has 1 aliphatic rings. The van der Waals surface area contributed by atoms with Crippen molar-refractivity contribution in [3.05, 3.63) is 96.6 Å². The van der Waals surface area contributed by atoms with Gasteiger partial charge in [0, 0.05) is 0 Å². The molecule has 5 heteroatoms. The number of carbonyl (C=O) groups excluding carboxylic acids is 1. The second kappa shape index (κ2) is 9.59. The molecule has 0 bridgehead atoms. The Hall–Kier alpha value is -2.57. The molecule has 34 heavy (non-hydrogen) atoms. The van der Waals surface area contributed by atoms with Crippen LogP contribution in [-0.4, -0.2) is 32.6 Å². The van der Waals surface area contributed by atoms with Crippen molar-refractivity contribution in [3.63, 3.8) is 0 Å². The van der Waals surface area contributed by atoms with Gasteiger partial charge in [0.15, 0.2) is 12.1 Å². The highest BCUT2D eigenvalue weighted by molar-refractivity contribution is 6.99. The maximum absolute atomic E-state index is 12.1. The van der Waals surface area contributed by atoms with Gasteiger partial charge in [-0.1, -0.05) is 112 Å². The summed E-state index contributed by atoms with van der Waals surface area (Å²) in [6.45, 7) is 10.4. The highest BCUT2D eigenvalue weighted by Gasteiger charge is 2.55. The largest absolute Gasteiger partial charge is 0.398 e. The lowest BCUT2D eigenvalue weighted by Gasteiger charge is -2.46. The quantitative estimate of drug-likeness (QED) is 0.356. The number of rotatable bonds is 7. The average molecular weight is 475 g/mol. The van der Waals surface area contributed by atoms with Crippen LogP contribution in [0.2, 0.25) is 5.04 Å². The molecule has 3 aromatic carbocycles. The first-order valence-electron chi connectivity index (χ1n) is 11.8. The van der Waals surface area contributed by atoms with Crippen LogP contribution in [0.1, 0.15) is 46.3 Å². The number of ether oxygens (including phenoxy) is 2. The maximum Gasteiger partial charge on any atom is 0.262 e. The molecule has 3 atom stereocenters. The molecule has 4 rings (SSSR count). The van der Waals surface area contributed by atoms with E-state index in [1.807, 2.05) is 56.3 Å². The summed E-state index contributed by atoms with van der Waals surface area (Å²) < 4.78 is 19.8. The molecule has 0 saturated carbocycles. The van der Waals surface area contributed by atoms with Gasteiger partial charge in [0.25, 0.3) is 8.32 Å². The smallest absolute Gasteiger partial charge is 0.262 e. The Bertz CT molecular complexity index is 1040. The van der Waals surface area contributed by atoms with E-state index in [-0.39, 0.29) is 5.04 Å². The fourth-order valence-corrected chi connectivity index (χ4v) is 9.67. The minimum absolute atomic E-state index is 0.214. The number of carbonyl (C=O) groups is 1. The number of benzene rings is 3. The Kier molecular flexibility index (Phi) is 6.92. The van der Waals surface area contributed by atoms with Crippen LogP contribution in [0.3, 0.4) is 0 Å². The molecule has 178 valence electrons. The number of aldehydes is 1. The topological polar surface area (TPSA) is 44.8 Å². The van der Waals surface area contributed by atoms with Crippen molar-refractivity contribution in [1.82, 2.24) is 0 Å². The molecule has 0 spiro atoms. The van der Waals surface area contributed by atoms with Gasteiger partial charge in [-0.15, -0.1) is 0 Å². The second-order valence-electron chi connectivity index (χ2n) is 10.3. The Balaban J connectivity index is 1.94. The van der Waals surface area contributed by atoms with Gasteiger partial charge in [0.05, 0.1) is 0 Å². The standard InChI is InChI=1S/C29H34O4Si/c1-28(2,3)34(23-17-11-7-12-18-23,24-19-13-8-14-20-24)33-26(22-15-9-6-10-16-22)27-25(21-30)31-29(4,5)32-27/h6-21,25-27H,1-5H3/t25-,26-,27+/m1/s1. The fourth-order valence-electron chi connectivity index (χ4n) is 5.01. The van der Waals surface area contributed by atoms with Gasteiger partial charge < -0.3 is 18.7 Å². The highest BCUT2D eigenvalue weighted by atomic mass is 28.4. The summed E-state index contributed by atoms with van der Waals surface area (Å²) >= 11 is 0. The fraction of sp³-hybridized carbons (Fsp3) is 0.345. The third kappa shape index (κ3) is 4.66. The zero-order valence-corrected chi connectivity index (χ0v) is 21.6. The summed E-state index contributed by atoms with van der Waals surface area (Å²) in [6, 6.07) is 31.1. The molecule has 0 radical (unpaired) electrons. The summed E-state index contributed by atoms with van der Waals surface area (Å²) in [7, 11) is -2.90. The van der Waals surface area contributed by atoms with Crippen LogP contribution >= 0.6 is 0 Å². The Morgan fingerprint density at radius 2 is 1.29 bits per heavy atom. The lowest BCUT2D eigenvalue weighted by atomic mass is 10.0. The molecule has 3 aromatic rings. The Labute approximate surface area is 204 Å². The lowest BCUT2D eigenvalue weighted by molar-refractivity contribution is -0.156. The van der Waals surface area contributed by atoms with E-state index in [1.54, 1.807) is 0 Å². The Morgan fingerprint density at radius 3 is 1.74 bits per heavy atom. The SMILES string of the molecule is CC1(C)O[C@H]([C@H](O[Si](c2ccccc2)(c2ccccc2)C(C)(C)C)c2ccccc2)[C@@H](C=O)O1. The summed E-state index contributed by atoms with van der Waals surface area (Å²) in [5.74, 6) is -0.877. The third-order valence-electron chi connectivity index (χ3n) is 6.44. The van der Waals surface area contributed by atoms with Crippen LogP contribution in [0.4, 0.5) is 0 Å². The van der Waals surface area contributed by atoms with E-state index in [1.165, 1.54) is 10.4 Å². The second-order valence-corrected chi connectivity index (χ2v) is 14.6. The molecular formula is C29H34O4Si. The average Bonchev–Trinajstić information content (AvgIpc) is 3.15. The van der Waals surface area contributed by atoms with Crippen molar-refractivity contribution >= 4 is 25.0 Å². The first-order valence-corrected chi connectivity index (χ1v) is 13.7. The Morgan fingerprint density at radius 1 is 0.824 bits per heavy atom. The van der Waals surface area contributed by atoms with Crippen LogP contribution in [0.25, 0.3) is 0 Å². The van der Waals surface area contributed by atoms with Crippen LogP contribution in [0.5, 0.6) is 0 Å². The molecule has 1 saturated heterocycles. The number of hydrogen-bond acceptors (Lipinski definition) is 4. The summed E-state index contributed by atoms with van der Waals surface area (Å²) in [5.41, 5.74) is 0.966.